The molecule has 0 fully saturated rings. The first-order valence-corrected chi connectivity index (χ1v) is 3.89. The van der Waals surface area contributed by atoms with Crippen LogP contribution in [0.2, 0.25) is 0 Å². The summed E-state index contributed by atoms with van der Waals surface area (Å²) in [7, 11) is 0. The van der Waals surface area contributed by atoms with Crippen LogP contribution in [0.1, 0.15) is 12.2 Å². The Bertz CT molecular complexity index is 351. The fourth-order valence-corrected chi connectivity index (χ4v) is 1.26. The summed E-state index contributed by atoms with van der Waals surface area (Å²) < 4.78 is 4.84. The van der Waals surface area contributed by atoms with Crippen LogP contribution in [0.4, 0.5) is 0 Å². The molecule has 0 saturated carbocycles. The van der Waals surface area contributed by atoms with E-state index < -0.39 is 0 Å². The molecule has 1 aliphatic carbocycles. The Morgan fingerprint density at radius 1 is 1.58 bits per heavy atom. The highest BCUT2D eigenvalue weighted by molar-refractivity contribution is 7.81. The summed E-state index contributed by atoms with van der Waals surface area (Å²) in [5.41, 5.74) is 0.859. The predicted octanol–water partition coefficient (Wildman–Crippen LogP) is 1.58. The summed E-state index contributed by atoms with van der Waals surface area (Å²) in [5.74, 6) is 0.518. The average molecular weight is 177 g/mol. The molecule has 0 aliphatic heterocycles. The average Bonchev–Trinajstić information content (AvgIpc) is 2.57. The van der Waals surface area contributed by atoms with E-state index in [0.717, 1.165) is 16.9 Å². The normalized spacial score (nSPS) is 16.3. The third-order valence-corrected chi connectivity index (χ3v) is 1.96. The second-order valence-electron chi connectivity index (χ2n) is 2.35. The molecule has 2 rings (SSSR count). The van der Waals surface area contributed by atoms with Crippen molar-refractivity contribution in [2.75, 3.05) is 0 Å². The van der Waals surface area contributed by atoms with Crippen molar-refractivity contribution in [3.63, 3.8) is 0 Å². The highest BCUT2D eigenvalue weighted by Gasteiger charge is 2.12. The molecule has 1 heterocycles. The van der Waals surface area contributed by atoms with Gasteiger partial charge >= 0.3 is 0 Å². The van der Waals surface area contributed by atoms with Crippen molar-refractivity contribution in [3.8, 4) is 0 Å². The summed E-state index contributed by atoms with van der Waals surface area (Å²) in [5, 5.41) is 6.79. The molecule has 1 aliphatic rings. The van der Waals surface area contributed by atoms with Gasteiger partial charge in [0.1, 0.15) is 0 Å². The molecule has 0 saturated heterocycles. The van der Waals surface area contributed by atoms with Gasteiger partial charge in [-0.3, -0.25) is 0 Å². The molecule has 0 aromatic carbocycles. The molecule has 1 aromatic heterocycles. The number of rotatable bonds is 1. The predicted molar refractivity (Wildman–Crippen MR) is 47.5 cm³/mol. The van der Waals surface area contributed by atoms with Crippen LogP contribution in [0, 0.1) is 6.20 Å². The van der Waals surface area contributed by atoms with E-state index in [1.807, 2.05) is 18.2 Å². The highest BCUT2D eigenvalue weighted by atomic mass is 32.1. The number of thiocarbonyl (C=S) groups is 1. The third-order valence-electron chi connectivity index (χ3n) is 1.57. The molecule has 3 nitrogen and oxygen atoms in total. The van der Waals surface area contributed by atoms with E-state index in [0.29, 0.717) is 5.76 Å². The molecule has 1 aromatic rings. The zero-order valence-corrected chi connectivity index (χ0v) is 6.97. The topological polar surface area (TPSA) is 38.9 Å². The van der Waals surface area contributed by atoms with Gasteiger partial charge in [0.25, 0.3) is 0 Å². The zero-order valence-electron chi connectivity index (χ0n) is 6.15. The van der Waals surface area contributed by atoms with Crippen LogP contribution in [-0.2, 0) is 0 Å². The summed E-state index contributed by atoms with van der Waals surface area (Å²) >= 11 is 5.12. The largest absolute Gasteiger partial charge is 0.336 e. The smallest absolute Gasteiger partial charge is 0.198 e. The van der Waals surface area contributed by atoms with Gasteiger partial charge in [0.05, 0.1) is 0 Å². The monoisotopic (exact) mass is 177 g/mol. The van der Waals surface area contributed by atoms with Crippen LogP contribution in [0.5, 0.6) is 0 Å². The van der Waals surface area contributed by atoms with Gasteiger partial charge < -0.3 is 4.52 Å². The fourth-order valence-electron chi connectivity index (χ4n) is 1.00. The summed E-state index contributed by atoms with van der Waals surface area (Å²) in [6, 6.07) is 0. The van der Waals surface area contributed by atoms with Crippen LogP contribution in [-0.4, -0.2) is 15.2 Å². The van der Waals surface area contributed by atoms with Crippen LogP contribution in [0.25, 0.3) is 5.57 Å². The summed E-state index contributed by atoms with van der Waals surface area (Å²) in [6.07, 6.45) is 9.20. The lowest BCUT2D eigenvalue weighted by atomic mass is 10.0. The van der Waals surface area contributed by atoms with Gasteiger partial charge in [0.2, 0.25) is 0 Å². The fraction of sp³-hybridized carbons (Fsp3) is 0.125. The molecule has 0 atom stereocenters. The molecule has 0 unspecified atom stereocenters. The second kappa shape index (κ2) is 2.98. The molecule has 0 bridgehead atoms. The molecular formula is C8H5N2OS. The van der Waals surface area contributed by atoms with Gasteiger partial charge in [-0.05, 0) is 0 Å². The molecular weight excluding hydrogens is 172 g/mol. The second-order valence-corrected chi connectivity index (χ2v) is 2.84. The third kappa shape index (κ3) is 1.21. The summed E-state index contributed by atoms with van der Waals surface area (Å²) in [4.78, 5) is 0.840. The molecule has 0 amide bonds. The Hall–Kier alpha value is -1.29. The van der Waals surface area contributed by atoms with Gasteiger partial charge in [0.15, 0.2) is 12.0 Å². The SMILES string of the molecule is S=C1CC=CC=C1c1[c]nno1. The van der Waals surface area contributed by atoms with Crippen LogP contribution >= 0.6 is 12.2 Å². The number of hydrogen-bond donors (Lipinski definition) is 0. The van der Waals surface area contributed by atoms with Crippen molar-refractivity contribution in [3.05, 3.63) is 30.2 Å². The van der Waals surface area contributed by atoms with Gasteiger partial charge in [-0.25, -0.2) is 0 Å². The maximum atomic E-state index is 5.12. The molecule has 0 spiro atoms. The van der Waals surface area contributed by atoms with E-state index in [9.17, 15) is 0 Å². The Morgan fingerprint density at radius 3 is 3.17 bits per heavy atom. The number of allylic oxidation sites excluding steroid dienone is 4. The Morgan fingerprint density at radius 2 is 2.50 bits per heavy atom. The Balaban J connectivity index is 2.40. The van der Waals surface area contributed by atoms with Gasteiger partial charge in [0, 0.05) is 22.1 Å². The molecule has 4 heteroatoms. The Kier molecular flexibility index (Phi) is 1.83. The molecule has 59 valence electrons. The summed E-state index contributed by atoms with van der Waals surface area (Å²) in [6.45, 7) is 0. The molecule has 0 N–H and O–H groups in total. The van der Waals surface area contributed by atoms with Crippen molar-refractivity contribution >= 4 is 22.7 Å². The first kappa shape index (κ1) is 7.36. The van der Waals surface area contributed by atoms with E-state index in [1.165, 1.54) is 0 Å². The van der Waals surface area contributed by atoms with Crippen LogP contribution < -0.4 is 0 Å². The van der Waals surface area contributed by atoms with E-state index in [-0.39, 0.29) is 0 Å². The van der Waals surface area contributed by atoms with E-state index >= 15 is 0 Å². The van der Waals surface area contributed by atoms with Crippen molar-refractivity contribution in [1.29, 1.82) is 0 Å². The van der Waals surface area contributed by atoms with E-state index in [2.05, 4.69) is 16.6 Å². The maximum Gasteiger partial charge on any atom is 0.198 e. The van der Waals surface area contributed by atoms with Gasteiger partial charge in [-0.2, -0.15) is 0 Å². The first-order valence-electron chi connectivity index (χ1n) is 3.48. The lowest BCUT2D eigenvalue weighted by molar-refractivity contribution is 0.385. The number of hydrogen-bond acceptors (Lipinski definition) is 4. The van der Waals surface area contributed by atoms with Crippen LogP contribution in [0.3, 0.4) is 0 Å². The highest BCUT2D eigenvalue weighted by Crippen LogP contribution is 2.19. The van der Waals surface area contributed by atoms with Crippen molar-refractivity contribution in [1.82, 2.24) is 10.4 Å². The minimum atomic E-state index is 0.518. The standard InChI is InChI=1S/C8H5N2OS/c12-8-4-2-1-3-6(8)7-5-9-10-11-7/h1-3H,4H2. The first-order chi connectivity index (χ1) is 5.88. The Labute approximate surface area is 74.7 Å². The minimum absolute atomic E-state index is 0.518. The van der Waals surface area contributed by atoms with E-state index in [1.54, 1.807) is 0 Å². The zero-order chi connectivity index (χ0) is 8.39. The lowest BCUT2D eigenvalue weighted by Gasteiger charge is -2.04. The van der Waals surface area contributed by atoms with Gasteiger partial charge in [-0.15, -0.1) is 5.10 Å². The van der Waals surface area contributed by atoms with Gasteiger partial charge in [-0.1, -0.05) is 30.4 Å². The van der Waals surface area contributed by atoms with Crippen molar-refractivity contribution in [2.45, 2.75) is 6.42 Å². The minimum Gasteiger partial charge on any atom is -0.336 e. The van der Waals surface area contributed by atoms with Crippen LogP contribution in [0.15, 0.2) is 22.8 Å². The molecule has 12 heavy (non-hydrogen) atoms. The quantitative estimate of drug-likeness (QED) is 0.610. The van der Waals surface area contributed by atoms with E-state index in [4.69, 9.17) is 16.7 Å². The number of nitrogens with zero attached hydrogens (tertiary/aromatic N) is 2. The maximum absolute atomic E-state index is 5.12. The lowest BCUT2D eigenvalue weighted by Crippen LogP contribution is -1.99. The number of aromatic nitrogens is 2. The van der Waals surface area contributed by atoms with Crippen molar-refractivity contribution < 1.29 is 4.52 Å². The van der Waals surface area contributed by atoms with Crippen molar-refractivity contribution in [2.24, 2.45) is 0 Å². The molecule has 1 radical (unpaired) electrons.